The van der Waals surface area contributed by atoms with Crippen molar-refractivity contribution >= 4 is 17.2 Å². The number of pyridine rings is 1. The van der Waals surface area contributed by atoms with E-state index in [-0.39, 0.29) is 0 Å². The van der Waals surface area contributed by atoms with Gasteiger partial charge in [-0.1, -0.05) is 12.1 Å². The summed E-state index contributed by atoms with van der Waals surface area (Å²) < 4.78 is 42.4. The number of imidazole rings is 1. The number of halogens is 3. The van der Waals surface area contributed by atoms with Crippen LogP contribution >= 0.6 is 0 Å². The zero-order valence-electron chi connectivity index (χ0n) is 15.6. The van der Waals surface area contributed by atoms with Crippen molar-refractivity contribution in [1.82, 2.24) is 9.38 Å². The van der Waals surface area contributed by atoms with Crippen molar-refractivity contribution in [3.05, 3.63) is 89.0 Å². The Balaban J connectivity index is 1.68. The molecule has 0 saturated carbocycles. The molecule has 0 aliphatic rings. The molecule has 1 N–H and O–H groups in total. The van der Waals surface area contributed by atoms with Gasteiger partial charge in [0.15, 0.2) is 17.5 Å². The fourth-order valence-corrected chi connectivity index (χ4v) is 3.03. The number of rotatable bonds is 3. The predicted octanol–water partition coefficient (Wildman–Crippen LogP) is 5.29. The molecular weight excluding hydrogens is 379 g/mol. The number of benzene rings is 2. The van der Waals surface area contributed by atoms with Gasteiger partial charge in [0.1, 0.15) is 5.65 Å². The Kier molecular flexibility index (Phi) is 4.58. The first kappa shape index (κ1) is 18.7. The van der Waals surface area contributed by atoms with Crippen LogP contribution < -0.4 is 5.32 Å². The number of amides is 1. The Morgan fingerprint density at radius 1 is 1.00 bits per heavy atom. The smallest absolute Gasteiger partial charge is 0.258 e. The highest BCUT2D eigenvalue weighted by atomic mass is 19.2. The van der Waals surface area contributed by atoms with Crippen molar-refractivity contribution in [3.8, 4) is 11.3 Å². The summed E-state index contributed by atoms with van der Waals surface area (Å²) in [5.74, 6) is -5.42. The Bertz CT molecular complexity index is 1260. The van der Waals surface area contributed by atoms with Crippen molar-refractivity contribution in [1.29, 1.82) is 0 Å². The van der Waals surface area contributed by atoms with Crippen molar-refractivity contribution in [3.63, 3.8) is 0 Å². The lowest BCUT2D eigenvalue weighted by Gasteiger charge is -2.11. The standard InChI is InChI=1S/C22H16F3N3O/c1-12-7-8-28-11-18(26-19(28)9-12)14-4-3-13(2)17(10-14)27-22(29)15-5-6-16(23)21(25)20(15)24/h3-11H,1-2H3,(H,27,29). The van der Waals surface area contributed by atoms with E-state index in [4.69, 9.17) is 0 Å². The average molecular weight is 395 g/mol. The van der Waals surface area contributed by atoms with E-state index in [2.05, 4.69) is 10.3 Å². The summed E-state index contributed by atoms with van der Waals surface area (Å²) in [7, 11) is 0. The normalized spacial score (nSPS) is 11.1. The summed E-state index contributed by atoms with van der Waals surface area (Å²) >= 11 is 0. The molecule has 29 heavy (non-hydrogen) atoms. The van der Waals surface area contributed by atoms with Gasteiger partial charge in [0.2, 0.25) is 0 Å². The highest BCUT2D eigenvalue weighted by Gasteiger charge is 2.19. The summed E-state index contributed by atoms with van der Waals surface area (Å²) in [6, 6.07) is 10.9. The summed E-state index contributed by atoms with van der Waals surface area (Å²) in [6.45, 7) is 3.75. The van der Waals surface area contributed by atoms with Gasteiger partial charge in [-0.3, -0.25) is 4.79 Å². The molecule has 0 unspecified atom stereocenters. The number of aromatic nitrogens is 2. The number of nitrogens with one attached hydrogen (secondary N) is 1. The number of nitrogens with zero attached hydrogens (tertiary/aromatic N) is 2. The third-order valence-corrected chi connectivity index (χ3v) is 4.68. The Morgan fingerprint density at radius 3 is 2.59 bits per heavy atom. The number of hydrogen-bond acceptors (Lipinski definition) is 2. The fraction of sp³-hybridized carbons (Fsp3) is 0.0909. The van der Waals surface area contributed by atoms with E-state index in [0.717, 1.165) is 34.5 Å². The molecule has 0 saturated heterocycles. The lowest BCUT2D eigenvalue weighted by Crippen LogP contribution is -2.16. The zero-order valence-corrected chi connectivity index (χ0v) is 15.6. The predicted molar refractivity (Wildman–Crippen MR) is 104 cm³/mol. The topological polar surface area (TPSA) is 46.4 Å². The minimum atomic E-state index is -1.68. The van der Waals surface area contributed by atoms with E-state index < -0.39 is 28.9 Å². The number of carbonyl (C=O) groups is 1. The van der Waals surface area contributed by atoms with Crippen LogP contribution in [0, 0.1) is 31.3 Å². The molecule has 0 radical (unpaired) electrons. The Morgan fingerprint density at radius 2 is 1.79 bits per heavy atom. The monoisotopic (exact) mass is 395 g/mol. The van der Waals surface area contributed by atoms with E-state index in [0.29, 0.717) is 11.4 Å². The van der Waals surface area contributed by atoms with Crippen LogP contribution in [0.25, 0.3) is 16.9 Å². The fourth-order valence-electron chi connectivity index (χ4n) is 3.03. The van der Waals surface area contributed by atoms with Crippen LogP contribution in [0.3, 0.4) is 0 Å². The van der Waals surface area contributed by atoms with Crippen LogP contribution in [0.4, 0.5) is 18.9 Å². The third kappa shape index (κ3) is 3.47. The first-order chi connectivity index (χ1) is 13.8. The number of hydrogen-bond donors (Lipinski definition) is 1. The Hall–Kier alpha value is -3.61. The van der Waals surface area contributed by atoms with Crippen LogP contribution in [-0.2, 0) is 0 Å². The summed E-state index contributed by atoms with van der Waals surface area (Å²) in [6.07, 6.45) is 3.77. The van der Waals surface area contributed by atoms with Crippen LogP contribution in [0.5, 0.6) is 0 Å². The van der Waals surface area contributed by atoms with Gasteiger partial charge in [-0.05, 0) is 55.3 Å². The van der Waals surface area contributed by atoms with Crippen LogP contribution in [0.15, 0.2) is 54.9 Å². The molecule has 4 nitrogen and oxygen atoms in total. The molecule has 2 heterocycles. The van der Waals surface area contributed by atoms with Gasteiger partial charge in [-0.2, -0.15) is 0 Å². The maximum absolute atomic E-state index is 13.9. The van der Waals surface area contributed by atoms with Crippen LogP contribution in [0.2, 0.25) is 0 Å². The molecule has 4 rings (SSSR count). The molecule has 146 valence electrons. The molecule has 0 aliphatic heterocycles. The first-order valence-electron chi connectivity index (χ1n) is 8.85. The average Bonchev–Trinajstić information content (AvgIpc) is 3.11. The molecule has 2 aromatic heterocycles. The molecule has 2 aromatic carbocycles. The van der Waals surface area contributed by atoms with Crippen molar-refractivity contribution in [2.75, 3.05) is 5.32 Å². The molecule has 0 spiro atoms. The minimum Gasteiger partial charge on any atom is -0.322 e. The SMILES string of the molecule is Cc1ccn2cc(-c3ccc(C)c(NC(=O)c4ccc(F)c(F)c4F)c3)nc2c1. The number of carbonyl (C=O) groups excluding carboxylic acids is 1. The number of anilines is 1. The number of aryl methyl sites for hydroxylation is 2. The van der Waals surface area contributed by atoms with Crippen LogP contribution in [0.1, 0.15) is 21.5 Å². The summed E-state index contributed by atoms with van der Waals surface area (Å²) in [5, 5.41) is 2.56. The van der Waals surface area contributed by atoms with E-state index >= 15 is 0 Å². The van der Waals surface area contributed by atoms with Gasteiger partial charge in [0.05, 0.1) is 11.3 Å². The highest BCUT2D eigenvalue weighted by molar-refractivity contribution is 6.05. The van der Waals surface area contributed by atoms with Gasteiger partial charge in [-0.15, -0.1) is 0 Å². The maximum atomic E-state index is 13.9. The molecule has 0 bridgehead atoms. The molecule has 4 aromatic rings. The second-order valence-corrected chi connectivity index (χ2v) is 6.80. The number of fused-ring (bicyclic) bond motifs is 1. The lowest BCUT2D eigenvalue weighted by molar-refractivity contribution is 0.102. The van der Waals surface area contributed by atoms with E-state index in [9.17, 15) is 18.0 Å². The minimum absolute atomic E-state index is 0.421. The van der Waals surface area contributed by atoms with Crippen molar-refractivity contribution in [2.24, 2.45) is 0 Å². The van der Waals surface area contributed by atoms with E-state index in [1.54, 1.807) is 19.1 Å². The van der Waals surface area contributed by atoms with Gasteiger partial charge in [-0.25, -0.2) is 18.2 Å². The van der Waals surface area contributed by atoms with Gasteiger partial charge in [0.25, 0.3) is 5.91 Å². The maximum Gasteiger partial charge on any atom is 0.258 e. The quantitative estimate of drug-likeness (QED) is 0.479. The zero-order chi connectivity index (χ0) is 20.7. The summed E-state index contributed by atoms with van der Waals surface area (Å²) in [5.41, 5.74) is 3.89. The second-order valence-electron chi connectivity index (χ2n) is 6.80. The van der Waals surface area contributed by atoms with Crippen molar-refractivity contribution < 1.29 is 18.0 Å². The van der Waals surface area contributed by atoms with Crippen LogP contribution in [-0.4, -0.2) is 15.3 Å². The largest absolute Gasteiger partial charge is 0.322 e. The summed E-state index contributed by atoms with van der Waals surface area (Å²) in [4.78, 5) is 17.0. The van der Waals surface area contributed by atoms with Crippen molar-refractivity contribution in [2.45, 2.75) is 13.8 Å². The van der Waals surface area contributed by atoms with Gasteiger partial charge < -0.3 is 9.72 Å². The molecule has 7 heteroatoms. The van der Waals surface area contributed by atoms with Gasteiger partial charge >= 0.3 is 0 Å². The molecule has 0 atom stereocenters. The highest BCUT2D eigenvalue weighted by Crippen LogP contribution is 2.26. The first-order valence-corrected chi connectivity index (χ1v) is 8.85. The van der Waals surface area contributed by atoms with E-state index in [1.165, 1.54) is 0 Å². The second kappa shape index (κ2) is 7.09. The molecule has 0 aliphatic carbocycles. The molecule has 0 fully saturated rings. The molecular formula is C22H16F3N3O. The lowest BCUT2D eigenvalue weighted by atomic mass is 10.1. The molecule has 1 amide bonds. The van der Waals surface area contributed by atoms with E-state index in [1.807, 2.05) is 41.9 Å². The third-order valence-electron chi connectivity index (χ3n) is 4.68. The van der Waals surface area contributed by atoms with Gasteiger partial charge in [0, 0.05) is 23.6 Å². The Labute approximate surface area is 164 Å².